The Morgan fingerprint density at radius 3 is 2.21 bits per heavy atom. The Hall–Kier alpha value is -4.26. The van der Waals surface area contributed by atoms with Crippen LogP contribution in [0.4, 0.5) is 5.69 Å². The Morgan fingerprint density at radius 1 is 0.879 bits per heavy atom. The minimum Gasteiger partial charge on any atom is -0.494 e. The van der Waals surface area contributed by atoms with Gasteiger partial charge in [-0.25, -0.2) is 0 Å². The van der Waals surface area contributed by atoms with Gasteiger partial charge in [0.1, 0.15) is 11.4 Å². The number of rotatable bonds is 9. The van der Waals surface area contributed by atoms with Crippen LogP contribution in [0.2, 0.25) is 0 Å². The van der Waals surface area contributed by atoms with Crippen molar-refractivity contribution in [3.63, 3.8) is 0 Å². The predicted molar refractivity (Wildman–Crippen MR) is 128 cm³/mol. The van der Waals surface area contributed by atoms with Gasteiger partial charge in [0.05, 0.1) is 20.8 Å². The van der Waals surface area contributed by atoms with Crippen LogP contribution in [0.25, 0.3) is 6.08 Å². The molecule has 0 saturated heterocycles. The first-order valence-corrected chi connectivity index (χ1v) is 10.4. The van der Waals surface area contributed by atoms with Gasteiger partial charge in [-0.3, -0.25) is 9.59 Å². The fourth-order valence-electron chi connectivity index (χ4n) is 3.05. The molecular formula is C26H26N2O5. The predicted octanol–water partition coefficient (Wildman–Crippen LogP) is 4.51. The molecule has 0 aliphatic carbocycles. The maximum atomic E-state index is 13.1. The lowest BCUT2D eigenvalue weighted by atomic mass is 10.1. The lowest BCUT2D eigenvalue weighted by molar-refractivity contribution is -0.113. The largest absolute Gasteiger partial charge is 0.494 e. The van der Waals surface area contributed by atoms with E-state index in [1.165, 1.54) is 7.11 Å². The Labute approximate surface area is 193 Å². The van der Waals surface area contributed by atoms with Crippen LogP contribution in [0.1, 0.15) is 22.8 Å². The summed E-state index contributed by atoms with van der Waals surface area (Å²) < 4.78 is 16.0. The SMILES string of the molecule is CCOc1ccc(NC(=O)C(=Cc2ccc(OC)c(OC)c2)NC(=O)c2ccccc2)cc1. The zero-order valence-corrected chi connectivity index (χ0v) is 18.8. The maximum absolute atomic E-state index is 13.1. The van der Waals surface area contributed by atoms with E-state index in [2.05, 4.69) is 10.6 Å². The number of anilines is 1. The van der Waals surface area contributed by atoms with Gasteiger partial charge in [0.15, 0.2) is 11.5 Å². The molecule has 3 aromatic rings. The molecule has 7 nitrogen and oxygen atoms in total. The monoisotopic (exact) mass is 446 g/mol. The number of benzene rings is 3. The van der Waals surface area contributed by atoms with Crippen molar-refractivity contribution in [2.45, 2.75) is 6.92 Å². The van der Waals surface area contributed by atoms with Crippen molar-refractivity contribution >= 4 is 23.6 Å². The molecule has 33 heavy (non-hydrogen) atoms. The molecule has 0 aromatic heterocycles. The average Bonchev–Trinajstić information content (AvgIpc) is 2.85. The highest BCUT2D eigenvalue weighted by Gasteiger charge is 2.16. The van der Waals surface area contributed by atoms with E-state index in [0.717, 1.165) is 0 Å². The molecule has 2 amide bonds. The van der Waals surface area contributed by atoms with Crippen LogP contribution in [0.3, 0.4) is 0 Å². The van der Waals surface area contributed by atoms with Crippen LogP contribution >= 0.6 is 0 Å². The van der Waals surface area contributed by atoms with Gasteiger partial charge in [0.25, 0.3) is 11.8 Å². The molecule has 2 N–H and O–H groups in total. The number of nitrogens with one attached hydrogen (secondary N) is 2. The quantitative estimate of drug-likeness (QED) is 0.472. The molecule has 0 spiro atoms. The Bertz CT molecular complexity index is 1130. The maximum Gasteiger partial charge on any atom is 0.272 e. The van der Waals surface area contributed by atoms with E-state index in [0.29, 0.717) is 40.7 Å². The Morgan fingerprint density at radius 2 is 1.58 bits per heavy atom. The highest BCUT2D eigenvalue weighted by Crippen LogP contribution is 2.28. The van der Waals surface area contributed by atoms with Gasteiger partial charge in [0, 0.05) is 11.3 Å². The number of methoxy groups -OCH3 is 2. The van der Waals surface area contributed by atoms with E-state index in [1.807, 2.05) is 13.0 Å². The van der Waals surface area contributed by atoms with Gasteiger partial charge in [-0.2, -0.15) is 0 Å². The lowest BCUT2D eigenvalue weighted by Crippen LogP contribution is -2.30. The van der Waals surface area contributed by atoms with Crippen molar-refractivity contribution in [3.8, 4) is 17.2 Å². The third-order valence-electron chi connectivity index (χ3n) is 4.67. The van der Waals surface area contributed by atoms with Crippen LogP contribution in [0, 0.1) is 0 Å². The third kappa shape index (κ3) is 6.36. The topological polar surface area (TPSA) is 85.9 Å². The second kappa shape index (κ2) is 11.4. The summed E-state index contributed by atoms with van der Waals surface area (Å²) >= 11 is 0. The summed E-state index contributed by atoms with van der Waals surface area (Å²) in [7, 11) is 3.07. The lowest BCUT2D eigenvalue weighted by Gasteiger charge is -2.13. The molecular weight excluding hydrogens is 420 g/mol. The van der Waals surface area contributed by atoms with E-state index in [9.17, 15) is 9.59 Å². The molecule has 0 unspecified atom stereocenters. The van der Waals surface area contributed by atoms with Crippen molar-refractivity contribution in [2.24, 2.45) is 0 Å². The fraction of sp³-hybridized carbons (Fsp3) is 0.154. The van der Waals surface area contributed by atoms with Crippen LogP contribution in [-0.2, 0) is 4.79 Å². The summed E-state index contributed by atoms with van der Waals surface area (Å²) in [4.78, 5) is 25.8. The van der Waals surface area contributed by atoms with E-state index in [-0.39, 0.29) is 5.70 Å². The summed E-state index contributed by atoms with van der Waals surface area (Å²) in [6, 6.07) is 20.9. The summed E-state index contributed by atoms with van der Waals surface area (Å²) in [5.41, 5.74) is 1.73. The van der Waals surface area contributed by atoms with Gasteiger partial charge in [0.2, 0.25) is 0 Å². The normalized spacial score (nSPS) is 10.8. The minimum absolute atomic E-state index is 0.0740. The van der Waals surface area contributed by atoms with Crippen molar-refractivity contribution in [1.29, 1.82) is 0 Å². The molecule has 0 atom stereocenters. The highest BCUT2D eigenvalue weighted by molar-refractivity contribution is 6.10. The van der Waals surface area contributed by atoms with Gasteiger partial charge >= 0.3 is 0 Å². The number of carbonyl (C=O) groups excluding carboxylic acids is 2. The number of hydrogen-bond donors (Lipinski definition) is 2. The van der Waals surface area contributed by atoms with Crippen LogP contribution < -0.4 is 24.8 Å². The molecule has 0 bridgehead atoms. The average molecular weight is 447 g/mol. The van der Waals surface area contributed by atoms with E-state index in [1.54, 1.807) is 79.9 Å². The van der Waals surface area contributed by atoms with Crippen LogP contribution in [0.5, 0.6) is 17.2 Å². The number of carbonyl (C=O) groups is 2. The standard InChI is InChI=1S/C26H26N2O5/c1-4-33-21-13-11-20(12-14-21)27-26(30)22(28-25(29)19-8-6-5-7-9-19)16-18-10-15-23(31-2)24(17-18)32-3/h5-17H,4H2,1-3H3,(H,27,30)(H,28,29). The van der Waals surface area contributed by atoms with Crippen molar-refractivity contribution in [2.75, 3.05) is 26.1 Å². The molecule has 0 radical (unpaired) electrons. The number of amides is 2. The molecule has 3 rings (SSSR count). The molecule has 0 aliphatic rings. The summed E-state index contributed by atoms with van der Waals surface area (Å²) in [6.07, 6.45) is 1.58. The first-order valence-electron chi connectivity index (χ1n) is 10.4. The minimum atomic E-state index is -0.474. The molecule has 0 aliphatic heterocycles. The Balaban J connectivity index is 1.89. The van der Waals surface area contributed by atoms with Crippen molar-refractivity contribution in [3.05, 3.63) is 89.6 Å². The van der Waals surface area contributed by atoms with Gasteiger partial charge in [-0.1, -0.05) is 24.3 Å². The first kappa shape index (κ1) is 23.4. The Kier molecular flexibility index (Phi) is 8.07. The van der Waals surface area contributed by atoms with Gasteiger partial charge in [-0.15, -0.1) is 0 Å². The van der Waals surface area contributed by atoms with E-state index >= 15 is 0 Å². The van der Waals surface area contributed by atoms with Crippen LogP contribution in [-0.4, -0.2) is 32.6 Å². The van der Waals surface area contributed by atoms with Gasteiger partial charge < -0.3 is 24.8 Å². The fourth-order valence-corrected chi connectivity index (χ4v) is 3.05. The number of ether oxygens (including phenoxy) is 3. The van der Waals surface area contributed by atoms with Crippen molar-refractivity contribution in [1.82, 2.24) is 5.32 Å². The summed E-state index contributed by atoms with van der Waals surface area (Å²) in [5.74, 6) is 0.895. The zero-order chi connectivity index (χ0) is 23.6. The highest BCUT2D eigenvalue weighted by atomic mass is 16.5. The molecule has 0 heterocycles. The van der Waals surface area contributed by atoms with Gasteiger partial charge in [-0.05, 0) is 67.1 Å². The molecule has 170 valence electrons. The molecule has 7 heteroatoms. The summed E-state index contributed by atoms with van der Waals surface area (Å²) in [5, 5.41) is 5.52. The van der Waals surface area contributed by atoms with E-state index in [4.69, 9.17) is 14.2 Å². The van der Waals surface area contributed by atoms with Crippen molar-refractivity contribution < 1.29 is 23.8 Å². The third-order valence-corrected chi connectivity index (χ3v) is 4.67. The second-order valence-electron chi connectivity index (χ2n) is 6.90. The van der Waals surface area contributed by atoms with E-state index < -0.39 is 11.8 Å². The molecule has 0 fully saturated rings. The molecule has 0 saturated carbocycles. The van der Waals surface area contributed by atoms with Crippen LogP contribution in [0.15, 0.2) is 78.5 Å². The number of hydrogen-bond acceptors (Lipinski definition) is 5. The first-order chi connectivity index (χ1) is 16.0. The smallest absolute Gasteiger partial charge is 0.272 e. The molecule has 3 aromatic carbocycles. The zero-order valence-electron chi connectivity index (χ0n) is 18.8. The second-order valence-corrected chi connectivity index (χ2v) is 6.90. The summed E-state index contributed by atoms with van der Waals surface area (Å²) in [6.45, 7) is 2.45.